The lowest BCUT2D eigenvalue weighted by Gasteiger charge is -2.28. The summed E-state index contributed by atoms with van der Waals surface area (Å²) in [6.45, 7) is 28.1. The minimum absolute atomic E-state index is 0.903. The van der Waals surface area contributed by atoms with Crippen molar-refractivity contribution >= 4 is 82.0 Å². The van der Waals surface area contributed by atoms with Crippen molar-refractivity contribution in [2.45, 2.75) is 55.4 Å². The maximum atomic E-state index is 2.44. The van der Waals surface area contributed by atoms with E-state index in [2.05, 4.69) is 252 Å². The maximum Gasteiger partial charge on any atom is 0.0366 e. The summed E-state index contributed by atoms with van der Waals surface area (Å²) < 4.78 is 0. The van der Waals surface area contributed by atoms with Crippen molar-refractivity contribution in [1.82, 2.24) is 0 Å². The monoisotopic (exact) mass is 923 g/mol. The number of nitrogens with zero attached hydrogens (tertiary/aromatic N) is 4. The molecule has 0 saturated carbocycles. The smallest absolute Gasteiger partial charge is 0.0366 e. The van der Waals surface area contributed by atoms with Crippen LogP contribution < -0.4 is 40.8 Å². The van der Waals surface area contributed by atoms with Crippen LogP contribution in [0.4, 0.5) is 22.7 Å². The highest BCUT2D eigenvalue weighted by atomic mass is 31.1. The zero-order valence-electron chi connectivity index (χ0n) is 41.6. The van der Waals surface area contributed by atoms with Gasteiger partial charge in [-0.15, -0.1) is 0 Å². The van der Waals surface area contributed by atoms with E-state index in [9.17, 15) is 0 Å². The lowest BCUT2D eigenvalue weighted by Crippen LogP contribution is -2.25. The number of hydrogen-bond acceptors (Lipinski definition) is 4. The number of fused-ring (bicyclic) bond motifs is 2. The summed E-state index contributed by atoms with van der Waals surface area (Å²) in [6, 6.07) is 64.5. The van der Waals surface area contributed by atoms with E-state index >= 15 is 0 Å². The van der Waals surface area contributed by atoms with E-state index in [1.807, 2.05) is 0 Å². The molecule has 67 heavy (non-hydrogen) atoms. The molecule has 0 aromatic heterocycles. The maximum absolute atomic E-state index is 2.44. The van der Waals surface area contributed by atoms with Crippen LogP contribution in [0.1, 0.15) is 55.4 Å². The molecule has 346 valence electrons. The second kappa shape index (κ2) is 23.9. The Labute approximate surface area is 406 Å². The molecule has 8 aromatic carbocycles. The number of rotatable bonds is 18. The second-order valence-corrected chi connectivity index (χ2v) is 20.1. The molecule has 8 aromatic rings. The molecule has 4 nitrogen and oxygen atoms in total. The first-order chi connectivity index (χ1) is 32.8. The lowest BCUT2D eigenvalue weighted by atomic mass is 9.87. The SMILES string of the molecule is CCN(CC)c1ccc(-c2ccc3ccccc3c2-c2c(P(c3ccc(N(CC)CC)cc3)c3ccc(N(CC)CC)cc3)ccc3ccccc23)cc1.CCN(CC)c1ccc(PC)cc1. The van der Waals surface area contributed by atoms with Gasteiger partial charge in [-0.25, -0.2) is 0 Å². The molecule has 0 fully saturated rings. The van der Waals surface area contributed by atoms with Gasteiger partial charge in [0.25, 0.3) is 0 Å². The van der Waals surface area contributed by atoms with Gasteiger partial charge in [-0.1, -0.05) is 130 Å². The van der Waals surface area contributed by atoms with E-state index in [0.29, 0.717) is 0 Å². The zero-order valence-corrected chi connectivity index (χ0v) is 43.5. The molecular weight excluding hydrogens is 851 g/mol. The van der Waals surface area contributed by atoms with Crippen LogP contribution in [0.3, 0.4) is 0 Å². The average molecular weight is 923 g/mol. The predicted octanol–water partition coefficient (Wildman–Crippen LogP) is 14.1. The largest absolute Gasteiger partial charge is 0.372 e. The van der Waals surface area contributed by atoms with Gasteiger partial charge in [-0.05, 0) is 184 Å². The summed E-state index contributed by atoms with van der Waals surface area (Å²) in [4.78, 5) is 9.64. The first-order valence-corrected chi connectivity index (χ1v) is 27.6. The van der Waals surface area contributed by atoms with E-state index in [0.717, 1.165) is 60.9 Å². The molecule has 6 heteroatoms. The minimum atomic E-state index is -0.943. The van der Waals surface area contributed by atoms with E-state index in [-0.39, 0.29) is 0 Å². The molecule has 0 spiro atoms. The van der Waals surface area contributed by atoms with Crippen molar-refractivity contribution in [2.75, 3.05) is 78.6 Å². The van der Waals surface area contributed by atoms with Crippen LogP contribution in [0, 0.1) is 0 Å². The van der Waals surface area contributed by atoms with Crippen LogP contribution in [-0.4, -0.2) is 59.0 Å². The third kappa shape index (κ3) is 11.0. The van der Waals surface area contributed by atoms with Crippen molar-refractivity contribution in [2.24, 2.45) is 0 Å². The van der Waals surface area contributed by atoms with Gasteiger partial charge < -0.3 is 19.6 Å². The number of anilines is 4. The first kappa shape index (κ1) is 49.3. The molecular formula is C61H72N4P2. The fraction of sp³-hybridized carbons (Fsp3) is 0.279. The van der Waals surface area contributed by atoms with Gasteiger partial charge >= 0.3 is 0 Å². The topological polar surface area (TPSA) is 13.0 Å². The summed E-state index contributed by atoms with van der Waals surface area (Å²) >= 11 is 0. The van der Waals surface area contributed by atoms with Crippen molar-refractivity contribution in [3.63, 3.8) is 0 Å². The molecule has 1 unspecified atom stereocenters. The minimum Gasteiger partial charge on any atom is -0.372 e. The van der Waals surface area contributed by atoms with Crippen molar-refractivity contribution in [3.05, 3.63) is 170 Å². The van der Waals surface area contributed by atoms with Crippen molar-refractivity contribution in [3.8, 4) is 22.3 Å². The van der Waals surface area contributed by atoms with Crippen LogP contribution in [-0.2, 0) is 0 Å². The second-order valence-electron chi connectivity index (χ2n) is 16.8. The van der Waals surface area contributed by atoms with Gasteiger partial charge in [0.2, 0.25) is 0 Å². The third-order valence-corrected chi connectivity index (χ3v) is 16.8. The summed E-state index contributed by atoms with van der Waals surface area (Å²) in [7, 11) is -0.0400. The summed E-state index contributed by atoms with van der Waals surface area (Å²) in [5, 5.41) is 10.6. The Morgan fingerprint density at radius 2 is 0.716 bits per heavy atom. The molecule has 0 aliphatic rings. The third-order valence-electron chi connectivity index (χ3n) is 13.4. The van der Waals surface area contributed by atoms with E-state index in [1.165, 1.54) is 87.8 Å². The lowest BCUT2D eigenvalue weighted by molar-refractivity contribution is 0.866. The van der Waals surface area contributed by atoms with Gasteiger partial charge in [-0.2, -0.15) is 0 Å². The molecule has 0 aliphatic carbocycles. The molecule has 0 amide bonds. The standard InChI is InChI=1S/C50H54N3P.C11H18NP/c1-7-51(8-2)40-25-21-39(22-26-40)47-35-23-37-17-13-15-19-45(37)49(47)50-46-20-16-14-18-38(46)24-36-48(50)54(43-31-27-41(28-32-43)52(9-3)10-4)44-33-29-42(30-34-44)53(11-5)12-6;1-4-12(5-2)10-6-8-11(13-3)9-7-10/h13-36H,7-12H2,1-6H3;6-9,13H,4-5H2,1-3H3. The summed E-state index contributed by atoms with van der Waals surface area (Å²) in [5.74, 6) is 0. The molecule has 0 N–H and O–H groups in total. The molecule has 0 heterocycles. The van der Waals surface area contributed by atoms with Gasteiger partial charge in [0.15, 0.2) is 0 Å². The van der Waals surface area contributed by atoms with Crippen LogP contribution in [0.5, 0.6) is 0 Å². The van der Waals surface area contributed by atoms with Gasteiger partial charge in [0.05, 0.1) is 0 Å². The molecule has 1 atom stereocenters. The fourth-order valence-corrected chi connectivity index (χ4v) is 12.5. The Kier molecular flexibility index (Phi) is 17.5. The highest BCUT2D eigenvalue weighted by Gasteiger charge is 2.26. The Morgan fingerprint density at radius 1 is 0.358 bits per heavy atom. The quantitative estimate of drug-likeness (QED) is 0.0795. The van der Waals surface area contributed by atoms with Gasteiger partial charge in [0.1, 0.15) is 0 Å². The van der Waals surface area contributed by atoms with Crippen molar-refractivity contribution < 1.29 is 0 Å². The molecule has 0 radical (unpaired) electrons. The predicted molar refractivity (Wildman–Crippen MR) is 306 cm³/mol. The van der Waals surface area contributed by atoms with Crippen LogP contribution in [0.25, 0.3) is 43.8 Å². The normalized spacial score (nSPS) is 11.3. The number of benzene rings is 8. The van der Waals surface area contributed by atoms with Gasteiger partial charge in [0, 0.05) is 75.1 Å². The number of hydrogen-bond donors (Lipinski definition) is 0. The Balaban J connectivity index is 0.000000443. The van der Waals surface area contributed by atoms with Crippen molar-refractivity contribution in [1.29, 1.82) is 0 Å². The molecule has 0 saturated heterocycles. The molecule has 0 aliphatic heterocycles. The zero-order chi connectivity index (χ0) is 47.3. The Hall–Kier alpha value is -5.66. The Morgan fingerprint density at radius 3 is 1.12 bits per heavy atom. The molecule has 8 rings (SSSR count). The molecule has 0 bridgehead atoms. The summed E-state index contributed by atoms with van der Waals surface area (Å²) in [5.41, 5.74) is 10.3. The Bertz CT molecular complexity index is 2710. The highest BCUT2D eigenvalue weighted by Crippen LogP contribution is 2.46. The average Bonchev–Trinajstić information content (AvgIpc) is 3.39. The first-order valence-electron chi connectivity index (χ1n) is 24.8. The van der Waals surface area contributed by atoms with Crippen LogP contribution >= 0.6 is 16.5 Å². The highest BCUT2D eigenvalue weighted by molar-refractivity contribution is 7.80. The fourth-order valence-electron chi connectivity index (χ4n) is 9.59. The van der Waals surface area contributed by atoms with E-state index in [4.69, 9.17) is 0 Å². The van der Waals surface area contributed by atoms with Crippen LogP contribution in [0.2, 0.25) is 0 Å². The summed E-state index contributed by atoms with van der Waals surface area (Å²) in [6.07, 6.45) is 0. The van der Waals surface area contributed by atoms with Crippen LogP contribution in [0.15, 0.2) is 170 Å². The van der Waals surface area contributed by atoms with Gasteiger partial charge in [-0.3, -0.25) is 0 Å². The van der Waals surface area contributed by atoms with E-state index < -0.39 is 7.92 Å². The van der Waals surface area contributed by atoms with E-state index in [1.54, 1.807) is 0 Å².